The molecule has 16 heavy (non-hydrogen) atoms. The number of nitrogens with one attached hydrogen (secondary N) is 1. The number of hydrogen-bond acceptors (Lipinski definition) is 3. The van der Waals surface area contributed by atoms with Gasteiger partial charge in [-0.1, -0.05) is 6.92 Å². The van der Waals surface area contributed by atoms with Gasteiger partial charge in [-0.15, -0.1) is 0 Å². The average molecular weight is 287 g/mol. The van der Waals surface area contributed by atoms with Crippen LogP contribution in [0.2, 0.25) is 0 Å². The molecule has 0 fully saturated rings. The first-order valence-corrected chi connectivity index (χ1v) is 5.86. The third-order valence-electron chi connectivity index (χ3n) is 2.38. The van der Waals surface area contributed by atoms with Gasteiger partial charge in [-0.05, 0) is 41.4 Å². The largest absolute Gasteiger partial charge is 0.388 e. The molecule has 1 atom stereocenters. The number of aromatic nitrogens is 1. The third kappa shape index (κ3) is 3.90. The number of rotatable bonds is 4. The van der Waals surface area contributed by atoms with Gasteiger partial charge in [-0.3, -0.25) is 4.79 Å². The Balaban J connectivity index is 2.56. The van der Waals surface area contributed by atoms with Crippen LogP contribution in [0.1, 0.15) is 30.6 Å². The lowest BCUT2D eigenvalue weighted by molar-refractivity contribution is 0.0518. The Kier molecular flexibility index (Phi) is 4.44. The van der Waals surface area contributed by atoms with Crippen molar-refractivity contribution in [2.75, 3.05) is 6.54 Å². The van der Waals surface area contributed by atoms with Crippen LogP contribution < -0.4 is 5.32 Å². The normalized spacial score (nSPS) is 14.2. The maximum absolute atomic E-state index is 11.6. The highest BCUT2D eigenvalue weighted by Crippen LogP contribution is 2.08. The minimum atomic E-state index is -0.863. The number of nitrogens with zero attached hydrogens (tertiary/aromatic N) is 1. The molecule has 88 valence electrons. The average Bonchev–Trinajstić information content (AvgIpc) is 2.27. The lowest BCUT2D eigenvalue weighted by Crippen LogP contribution is -2.40. The Morgan fingerprint density at radius 1 is 1.62 bits per heavy atom. The molecule has 0 aliphatic carbocycles. The number of aliphatic hydroxyl groups is 1. The summed E-state index contributed by atoms with van der Waals surface area (Å²) in [5, 5.41) is 12.4. The van der Waals surface area contributed by atoms with Crippen LogP contribution in [-0.4, -0.2) is 28.1 Å². The molecule has 5 heteroatoms. The monoisotopic (exact) mass is 286 g/mol. The second kappa shape index (κ2) is 5.41. The first kappa shape index (κ1) is 13.1. The van der Waals surface area contributed by atoms with Crippen LogP contribution >= 0.6 is 15.9 Å². The van der Waals surface area contributed by atoms with Crippen LogP contribution in [0.4, 0.5) is 0 Å². The maximum atomic E-state index is 11.6. The lowest BCUT2D eigenvalue weighted by atomic mass is 10.0. The molecule has 0 aromatic carbocycles. The SMILES string of the molecule is CCC(C)(O)CNC(=O)c1ccc(Br)nc1. The molecule has 1 unspecified atom stereocenters. The van der Waals surface area contributed by atoms with E-state index in [1.165, 1.54) is 6.20 Å². The van der Waals surface area contributed by atoms with Gasteiger partial charge in [0.1, 0.15) is 4.60 Å². The van der Waals surface area contributed by atoms with Crippen molar-refractivity contribution >= 4 is 21.8 Å². The summed E-state index contributed by atoms with van der Waals surface area (Å²) in [6.07, 6.45) is 2.08. The number of carbonyl (C=O) groups is 1. The number of halogens is 1. The summed E-state index contributed by atoms with van der Waals surface area (Å²) < 4.78 is 0.685. The first-order chi connectivity index (χ1) is 7.44. The van der Waals surface area contributed by atoms with Crippen molar-refractivity contribution < 1.29 is 9.90 Å². The molecular formula is C11H15BrN2O2. The number of pyridine rings is 1. The Labute approximate surface area is 103 Å². The standard InChI is InChI=1S/C11H15BrN2O2/c1-3-11(2,16)7-14-10(15)8-4-5-9(12)13-6-8/h4-6,16H,3,7H2,1-2H3,(H,14,15). The summed E-state index contributed by atoms with van der Waals surface area (Å²) in [5.41, 5.74) is -0.381. The molecular weight excluding hydrogens is 272 g/mol. The first-order valence-electron chi connectivity index (χ1n) is 5.07. The molecule has 4 nitrogen and oxygen atoms in total. The van der Waals surface area contributed by atoms with Crippen molar-refractivity contribution in [3.8, 4) is 0 Å². The molecule has 0 radical (unpaired) electrons. The molecule has 0 bridgehead atoms. The van der Waals surface area contributed by atoms with E-state index in [-0.39, 0.29) is 12.5 Å². The zero-order valence-electron chi connectivity index (χ0n) is 9.33. The Morgan fingerprint density at radius 2 is 2.31 bits per heavy atom. The molecule has 0 spiro atoms. The fourth-order valence-corrected chi connectivity index (χ4v) is 1.24. The fourth-order valence-electron chi connectivity index (χ4n) is 1.01. The summed E-state index contributed by atoms with van der Waals surface area (Å²) in [5.74, 6) is -0.228. The van der Waals surface area contributed by atoms with E-state index in [1.807, 2.05) is 6.92 Å². The van der Waals surface area contributed by atoms with Crippen molar-refractivity contribution in [1.82, 2.24) is 10.3 Å². The predicted molar refractivity (Wildman–Crippen MR) is 65.2 cm³/mol. The molecule has 0 aliphatic heterocycles. The summed E-state index contributed by atoms with van der Waals surface area (Å²) in [6, 6.07) is 3.37. The van der Waals surface area contributed by atoms with Crippen LogP contribution in [0.3, 0.4) is 0 Å². The second-order valence-electron chi connectivity index (χ2n) is 3.90. The van der Waals surface area contributed by atoms with E-state index < -0.39 is 5.60 Å². The smallest absolute Gasteiger partial charge is 0.252 e. The fraction of sp³-hybridized carbons (Fsp3) is 0.455. The summed E-state index contributed by atoms with van der Waals surface area (Å²) in [7, 11) is 0. The molecule has 0 saturated carbocycles. The van der Waals surface area contributed by atoms with Gasteiger partial charge in [0.05, 0.1) is 11.2 Å². The van der Waals surface area contributed by atoms with E-state index in [0.717, 1.165) is 0 Å². The molecule has 0 saturated heterocycles. The van der Waals surface area contributed by atoms with Crippen molar-refractivity contribution in [1.29, 1.82) is 0 Å². The molecule has 1 aromatic rings. The summed E-state index contributed by atoms with van der Waals surface area (Å²) >= 11 is 3.19. The number of carbonyl (C=O) groups excluding carboxylic acids is 1. The van der Waals surface area contributed by atoms with E-state index in [1.54, 1.807) is 19.1 Å². The van der Waals surface area contributed by atoms with E-state index >= 15 is 0 Å². The molecule has 0 aliphatic rings. The summed E-state index contributed by atoms with van der Waals surface area (Å²) in [4.78, 5) is 15.6. The quantitative estimate of drug-likeness (QED) is 0.829. The van der Waals surface area contributed by atoms with E-state index in [4.69, 9.17) is 0 Å². The molecule has 1 amide bonds. The zero-order chi connectivity index (χ0) is 12.2. The van der Waals surface area contributed by atoms with E-state index in [0.29, 0.717) is 16.6 Å². The lowest BCUT2D eigenvalue weighted by Gasteiger charge is -2.21. The van der Waals surface area contributed by atoms with Crippen molar-refractivity contribution in [2.24, 2.45) is 0 Å². The molecule has 1 rings (SSSR count). The van der Waals surface area contributed by atoms with Gasteiger partial charge in [0.25, 0.3) is 5.91 Å². The van der Waals surface area contributed by atoms with Gasteiger partial charge in [0.2, 0.25) is 0 Å². The second-order valence-corrected chi connectivity index (χ2v) is 4.72. The van der Waals surface area contributed by atoms with Crippen LogP contribution in [0.25, 0.3) is 0 Å². The van der Waals surface area contributed by atoms with E-state index in [2.05, 4.69) is 26.2 Å². The van der Waals surface area contributed by atoms with Gasteiger partial charge in [-0.2, -0.15) is 0 Å². The Bertz CT molecular complexity index is 363. The molecule has 1 aromatic heterocycles. The van der Waals surface area contributed by atoms with E-state index in [9.17, 15) is 9.90 Å². The predicted octanol–water partition coefficient (Wildman–Crippen LogP) is 1.73. The minimum Gasteiger partial charge on any atom is -0.388 e. The van der Waals surface area contributed by atoms with Crippen molar-refractivity contribution in [3.63, 3.8) is 0 Å². The molecule has 1 heterocycles. The van der Waals surface area contributed by atoms with Gasteiger partial charge in [0.15, 0.2) is 0 Å². The molecule has 2 N–H and O–H groups in total. The highest BCUT2D eigenvalue weighted by Gasteiger charge is 2.18. The zero-order valence-corrected chi connectivity index (χ0v) is 10.9. The Hall–Kier alpha value is -0.940. The highest BCUT2D eigenvalue weighted by atomic mass is 79.9. The number of amides is 1. The van der Waals surface area contributed by atoms with Crippen LogP contribution in [-0.2, 0) is 0 Å². The third-order valence-corrected chi connectivity index (χ3v) is 2.85. The van der Waals surface area contributed by atoms with Gasteiger partial charge >= 0.3 is 0 Å². The summed E-state index contributed by atoms with van der Waals surface area (Å²) in [6.45, 7) is 3.79. The van der Waals surface area contributed by atoms with Crippen LogP contribution in [0.15, 0.2) is 22.9 Å². The van der Waals surface area contributed by atoms with Gasteiger partial charge in [0, 0.05) is 12.7 Å². The topological polar surface area (TPSA) is 62.2 Å². The Morgan fingerprint density at radius 3 is 2.81 bits per heavy atom. The maximum Gasteiger partial charge on any atom is 0.252 e. The highest BCUT2D eigenvalue weighted by molar-refractivity contribution is 9.10. The van der Waals surface area contributed by atoms with Crippen molar-refractivity contribution in [2.45, 2.75) is 25.9 Å². The van der Waals surface area contributed by atoms with Crippen LogP contribution in [0.5, 0.6) is 0 Å². The number of hydrogen-bond donors (Lipinski definition) is 2. The van der Waals surface area contributed by atoms with Gasteiger partial charge < -0.3 is 10.4 Å². The minimum absolute atomic E-state index is 0.228. The van der Waals surface area contributed by atoms with Crippen LogP contribution in [0, 0.1) is 0 Å². The van der Waals surface area contributed by atoms with Crippen molar-refractivity contribution in [3.05, 3.63) is 28.5 Å². The van der Waals surface area contributed by atoms with Gasteiger partial charge in [-0.25, -0.2) is 4.98 Å².